The Bertz CT molecular complexity index is 592. The molecule has 5 heteroatoms. The van der Waals surface area contributed by atoms with Crippen molar-refractivity contribution in [1.29, 1.82) is 0 Å². The molecule has 5 nitrogen and oxygen atoms in total. The Labute approximate surface area is 112 Å². The van der Waals surface area contributed by atoms with Crippen LogP contribution in [0.4, 0.5) is 0 Å². The van der Waals surface area contributed by atoms with Gasteiger partial charge in [0.2, 0.25) is 0 Å². The first-order valence-corrected chi connectivity index (χ1v) is 6.66. The number of hydrogen-bond donors (Lipinski definition) is 1. The fourth-order valence-electron chi connectivity index (χ4n) is 2.74. The molecule has 1 aliphatic rings. The Balaban J connectivity index is 1.81. The number of carbonyl (C=O) groups is 1. The Hall–Kier alpha value is -1.88. The zero-order valence-corrected chi connectivity index (χ0v) is 11.0. The Morgan fingerprint density at radius 2 is 2.42 bits per heavy atom. The topological polar surface area (TPSA) is 49.6 Å². The van der Waals surface area contributed by atoms with Gasteiger partial charge in [0.25, 0.3) is 5.91 Å². The van der Waals surface area contributed by atoms with Gasteiger partial charge in [-0.1, -0.05) is 6.07 Å². The quantitative estimate of drug-likeness (QED) is 0.894. The normalized spacial score (nSPS) is 19.2. The van der Waals surface area contributed by atoms with Crippen LogP contribution in [0.1, 0.15) is 16.8 Å². The zero-order valence-electron chi connectivity index (χ0n) is 11.0. The lowest BCUT2D eigenvalue weighted by Gasteiger charge is -2.15. The number of carbonyl (C=O) groups excluding carboxylic acids is 1. The van der Waals surface area contributed by atoms with Crippen LogP contribution < -0.4 is 5.32 Å². The lowest BCUT2D eigenvalue weighted by molar-refractivity contribution is 0.0789. The van der Waals surface area contributed by atoms with Crippen molar-refractivity contribution < 1.29 is 4.79 Å². The molecule has 0 radical (unpaired) electrons. The summed E-state index contributed by atoms with van der Waals surface area (Å²) in [7, 11) is 1.95. The molecule has 0 bridgehead atoms. The zero-order chi connectivity index (χ0) is 13.2. The predicted molar refractivity (Wildman–Crippen MR) is 73.1 cm³/mol. The second kappa shape index (κ2) is 5.01. The van der Waals surface area contributed by atoms with Gasteiger partial charge in [0.15, 0.2) is 0 Å². The van der Waals surface area contributed by atoms with Gasteiger partial charge in [-0.25, -0.2) is 4.52 Å². The summed E-state index contributed by atoms with van der Waals surface area (Å²) < 4.78 is 1.74. The van der Waals surface area contributed by atoms with Crippen LogP contribution in [0.3, 0.4) is 0 Å². The van der Waals surface area contributed by atoms with Crippen molar-refractivity contribution in [2.75, 3.05) is 26.7 Å². The van der Waals surface area contributed by atoms with Gasteiger partial charge in [0, 0.05) is 19.3 Å². The monoisotopic (exact) mass is 258 g/mol. The van der Waals surface area contributed by atoms with Crippen molar-refractivity contribution in [3.63, 3.8) is 0 Å². The molecule has 1 amide bonds. The second-order valence-corrected chi connectivity index (χ2v) is 5.05. The average molecular weight is 258 g/mol. The first kappa shape index (κ1) is 12.2. The summed E-state index contributed by atoms with van der Waals surface area (Å²) in [5.74, 6) is 0.663. The van der Waals surface area contributed by atoms with Crippen LogP contribution in [0.5, 0.6) is 0 Å². The number of nitrogens with one attached hydrogen (secondary N) is 1. The maximum atomic E-state index is 12.5. The minimum atomic E-state index is 0.0970. The number of aromatic nitrogens is 2. The molecule has 1 aliphatic heterocycles. The van der Waals surface area contributed by atoms with Crippen LogP contribution in [0.25, 0.3) is 5.52 Å². The molecule has 1 unspecified atom stereocenters. The van der Waals surface area contributed by atoms with Crippen LogP contribution >= 0.6 is 0 Å². The Morgan fingerprint density at radius 1 is 1.53 bits per heavy atom. The standard InChI is InChI=1S/C14H18N4O/c1-15-8-11-5-7-17(10-11)14(19)12-9-16-18-6-3-2-4-13(12)18/h2-4,6,9,11,15H,5,7-8,10H2,1H3. The first-order valence-electron chi connectivity index (χ1n) is 6.66. The summed E-state index contributed by atoms with van der Waals surface area (Å²) in [6.07, 6.45) is 4.61. The minimum absolute atomic E-state index is 0.0970. The van der Waals surface area contributed by atoms with Crippen LogP contribution in [-0.4, -0.2) is 47.1 Å². The van der Waals surface area contributed by atoms with Crippen molar-refractivity contribution in [2.24, 2.45) is 5.92 Å². The van der Waals surface area contributed by atoms with Crippen LogP contribution in [0.15, 0.2) is 30.6 Å². The van der Waals surface area contributed by atoms with Gasteiger partial charge in [-0.2, -0.15) is 5.10 Å². The fraction of sp³-hybridized carbons (Fsp3) is 0.429. The van der Waals surface area contributed by atoms with Crippen molar-refractivity contribution in [3.05, 3.63) is 36.2 Å². The molecular formula is C14H18N4O. The van der Waals surface area contributed by atoms with E-state index >= 15 is 0 Å². The fourth-order valence-corrected chi connectivity index (χ4v) is 2.74. The van der Waals surface area contributed by atoms with Crippen molar-refractivity contribution in [2.45, 2.75) is 6.42 Å². The third kappa shape index (κ3) is 2.21. The van der Waals surface area contributed by atoms with E-state index < -0.39 is 0 Å². The summed E-state index contributed by atoms with van der Waals surface area (Å²) in [5, 5.41) is 7.40. The van der Waals surface area contributed by atoms with E-state index in [0.29, 0.717) is 11.5 Å². The highest BCUT2D eigenvalue weighted by Gasteiger charge is 2.27. The summed E-state index contributed by atoms with van der Waals surface area (Å²) in [6, 6.07) is 5.77. The van der Waals surface area contributed by atoms with Gasteiger partial charge in [0.05, 0.1) is 17.3 Å². The van der Waals surface area contributed by atoms with Gasteiger partial charge in [-0.3, -0.25) is 4.79 Å². The number of amides is 1. The van der Waals surface area contributed by atoms with E-state index in [2.05, 4.69) is 10.4 Å². The van der Waals surface area contributed by atoms with Crippen LogP contribution in [0, 0.1) is 5.92 Å². The smallest absolute Gasteiger partial charge is 0.257 e. The van der Waals surface area contributed by atoms with Crippen molar-refractivity contribution >= 4 is 11.4 Å². The van der Waals surface area contributed by atoms with Gasteiger partial charge < -0.3 is 10.2 Å². The van der Waals surface area contributed by atoms with E-state index in [9.17, 15) is 4.79 Å². The predicted octanol–water partition coefficient (Wildman–Crippen LogP) is 1.02. The van der Waals surface area contributed by atoms with Gasteiger partial charge in [0.1, 0.15) is 0 Å². The van der Waals surface area contributed by atoms with E-state index in [1.54, 1.807) is 10.7 Å². The van der Waals surface area contributed by atoms with Crippen molar-refractivity contribution in [1.82, 2.24) is 19.8 Å². The molecule has 3 rings (SSSR count). The lowest BCUT2D eigenvalue weighted by Crippen LogP contribution is -2.30. The number of pyridine rings is 1. The summed E-state index contributed by atoms with van der Waals surface area (Å²) >= 11 is 0. The molecule has 0 saturated carbocycles. The summed E-state index contributed by atoms with van der Waals surface area (Å²) in [6.45, 7) is 2.65. The molecule has 19 heavy (non-hydrogen) atoms. The van der Waals surface area contributed by atoms with E-state index in [0.717, 1.165) is 31.6 Å². The molecule has 1 atom stereocenters. The molecule has 2 aromatic rings. The summed E-state index contributed by atoms with van der Waals surface area (Å²) in [5.41, 5.74) is 1.58. The van der Waals surface area contributed by atoms with Crippen LogP contribution in [-0.2, 0) is 0 Å². The lowest BCUT2D eigenvalue weighted by atomic mass is 10.1. The van der Waals surface area contributed by atoms with Gasteiger partial charge in [-0.15, -0.1) is 0 Å². The number of likely N-dealkylation sites (tertiary alicyclic amines) is 1. The maximum absolute atomic E-state index is 12.5. The molecule has 0 aromatic carbocycles. The molecule has 2 aromatic heterocycles. The highest BCUT2D eigenvalue weighted by atomic mass is 16.2. The third-order valence-electron chi connectivity index (χ3n) is 3.72. The highest BCUT2D eigenvalue weighted by Crippen LogP contribution is 2.20. The van der Waals surface area contributed by atoms with E-state index in [1.165, 1.54) is 0 Å². The molecule has 3 heterocycles. The van der Waals surface area contributed by atoms with Crippen LogP contribution in [0.2, 0.25) is 0 Å². The average Bonchev–Trinajstić information content (AvgIpc) is 3.05. The van der Waals surface area contributed by atoms with Gasteiger partial charge in [-0.05, 0) is 38.1 Å². The maximum Gasteiger partial charge on any atom is 0.257 e. The molecule has 0 aliphatic carbocycles. The van der Waals surface area contributed by atoms with Crippen molar-refractivity contribution in [3.8, 4) is 0 Å². The minimum Gasteiger partial charge on any atom is -0.338 e. The summed E-state index contributed by atoms with van der Waals surface area (Å²) in [4.78, 5) is 14.5. The largest absolute Gasteiger partial charge is 0.338 e. The number of rotatable bonds is 3. The Kier molecular flexibility index (Phi) is 3.21. The molecule has 100 valence electrons. The molecule has 1 fully saturated rings. The van der Waals surface area contributed by atoms with E-state index in [4.69, 9.17) is 0 Å². The number of fused-ring (bicyclic) bond motifs is 1. The molecule has 1 saturated heterocycles. The Morgan fingerprint density at radius 3 is 3.26 bits per heavy atom. The molecular weight excluding hydrogens is 240 g/mol. The highest BCUT2D eigenvalue weighted by molar-refractivity contribution is 6.00. The van der Waals surface area contributed by atoms with E-state index in [1.807, 2.05) is 36.3 Å². The van der Waals surface area contributed by atoms with Gasteiger partial charge >= 0.3 is 0 Å². The second-order valence-electron chi connectivity index (χ2n) is 5.05. The molecule has 0 spiro atoms. The van der Waals surface area contributed by atoms with E-state index in [-0.39, 0.29) is 5.91 Å². The SMILES string of the molecule is CNCC1CCN(C(=O)c2cnn3ccccc23)C1. The third-order valence-corrected chi connectivity index (χ3v) is 3.72. The number of nitrogens with zero attached hydrogens (tertiary/aromatic N) is 3. The molecule has 1 N–H and O–H groups in total. The number of hydrogen-bond acceptors (Lipinski definition) is 3. The first-order chi connectivity index (χ1) is 9.29.